The molecule has 0 amide bonds. The average Bonchev–Trinajstić information content (AvgIpc) is 3.34. The van der Waals surface area contributed by atoms with E-state index >= 15 is 0 Å². The van der Waals surface area contributed by atoms with Crippen LogP contribution in [0.5, 0.6) is 11.5 Å². The third-order valence-electron chi connectivity index (χ3n) is 9.87. The van der Waals surface area contributed by atoms with Gasteiger partial charge in [0.05, 0.1) is 21.2 Å². The minimum atomic E-state index is -3.48. The van der Waals surface area contributed by atoms with Gasteiger partial charge in [-0.05, 0) is 118 Å². The van der Waals surface area contributed by atoms with Crippen molar-refractivity contribution >= 4 is 37.7 Å². The fourth-order valence-electron chi connectivity index (χ4n) is 7.58. The molecule has 0 atom stereocenters. The molecule has 0 unspecified atom stereocenters. The van der Waals surface area contributed by atoms with Crippen LogP contribution in [0.1, 0.15) is 22.3 Å². The molecule has 0 bridgehead atoms. The summed E-state index contributed by atoms with van der Waals surface area (Å²) in [5, 5.41) is 2.40. The van der Waals surface area contributed by atoms with Crippen LogP contribution in [0.25, 0.3) is 33.0 Å². The number of nitrogens with zero attached hydrogens (tertiary/aromatic N) is 1. The van der Waals surface area contributed by atoms with Crippen molar-refractivity contribution in [2.75, 3.05) is 4.90 Å². The van der Waals surface area contributed by atoms with Crippen LogP contribution in [0.3, 0.4) is 0 Å². The van der Waals surface area contributed by atoms with Gasteiger partial charge in [0.2, 0.25) is 9.84 Å². The average molecular weight is 626 g/mol. The van der Waals surface area contributed by atoms with Crippen LogP contribution in [0.4, 0.5) is 17.1 Å². The van der Waals surface area contributed by atoms with Gasteiger partial charge in [-0.1, -0.05) is 78.9 Å². The fraction of sp³-hybridized carbons (Fsp3) is 0.0476. The zero-order chi connectivity index (χ0) is 31.3. The highest BCUT2D eigenvalue weighted by Crippen LogP contribution is 2.51. The molecule has 1 aliphatic carbocycles. The van der Waals surface area contributed by atoms with E-state index in [1.165, 1.54) is 33.0 Å². The van der Waals surface area contributed by atoms with Crippen LogP contribution in [0, 0.1) is 0 Å². The number of sulfone groups is 1. The van der Waals surface area contributed by atoms with Crippen LogP contribution in [-0.2, 0) is 22.7 Å². The highest BCUT2D eigenvalue weighted by molar-refractivity contribution is 7.92. The Bertz CT molecular complexity index is 2540. The molecule has 2 aliphatic heterocycles. The first-order valence-electron chi connectivity index (χ1n) is 15.8. The number of hydrogen-bond acceptors (Lipinski definition) is 4. The van der Waals surface area contributed by atoms with Gasteiger partial charge in [-0.3, -0.25) is 0 Å². The van der Waals surface area contributed by atoms with Crippen LogP contribution < -0.4 is 9.64 Å². The van der Waals surface area contributed by atoms with E-state index in [-0.39, 0.29) is 0 Å². The molecule has 0 N–H and O–H groups in total. The monoisotopic (exact) mass is 625 g/mol. The molecule has 224 valence electrons. The normalized spacial score (nSPS) is 14.7. The third kappa shape index (κ3) is 3.96. The first-order chi connectivity index (χ1) is 23.0. The van der Waals surface area contributed by atoms with Crippen molar-refractivity contribution in [1.82, 2.24) is 0 Å². The van der Waals surface area contributed by atoms with Crippen molar-refractivity contribution in [2.45, 2.75) is 22.6 Å². The van der Waals surface area contributed by atoms with Gasteiger partial charge < -0.3 is 9.64 Å². The molecular weight excluding hydrogens is 599 g/mol. The first kappa shape index (κ1) is 26.6. The molecule has 7 aromatic rings. The number of benzene rings is 7. The molecule has 0 aromatic heterocycles. The lowest BCUT2D eigenvalue weighted by atomic mass is 9.84. The Balaban J connectivity index is 1.01. The molecule has 4 nitrogen and oxygen atoms in total. The highest BCUT2D eigenvalue weighted by atomic mass is 32.2. The Hall–Kier alpha value is -5.65. The molecule has 5 heteroatoms. The van der Waals surface area contributed by atoms with Crippen molar-refractivity contribution in [2.24, 2.45) is 0 Å². The minimum Gasteiger partial charge on any atom is -0.453 e. The van der Waals surface area contributed by atoms with Gasteiger partial charge in [-0.15, -0.1) is 0 Å². The quantitative estimate of drug-likeness (QED) is 0.192. The molecule has 7 aromatic carbocycles. The molecule has 3 aliphatic rings. The largest absolute Gasteiger partial charge is 0.453 e. The molecule has 47 heavy (non-hydrogen) atoms. The Kier molecular flexibility index (Phi) is 5.47. The van der Waals surface area contributed by atoms with Gasteiger partial charge >= 0.3 is 0 Å². The van der Waals surface area contributed by atoms with Crippen LogP contribution in [0.15, 0.2) is 149 Å². The van der Waals surface area contributed by atoms with Crippen molar-refractivity contribution in [3.63, 3.8) is 0 Å². The summed E-state index contributed by atoms with van der Waals surface area (Å²) in [6.45, 7) is 0. The molecule has 0 spiro atoms. The summed E-state index contributed by atoms with van der Waals surface area (Å²) in [7, 11) is -3.48. The van der Waals surface area contributed by atoms with Gasteiger partial charge in [0, 0.05) is 16.8 Å². The van der Waals surface area contributed by atoms with Gasteiger partial charge in [0.1, 0.15) is 0 Å². The van der Waals surface area contributed by atoms with Crippen LogP contribution >= 0.6 is 0 Å². The van der Waals surface area contributed by atoms with E-state index in [0.717, 1.165) is 63.7 Å². The van der Waals surface area contributed by atoms with Crippen LogP contribution in [0.2, 0.25) is 0 Å². The summed E-state index contributed by atoms with van der Waals surface area (Å²) in [5.74, 6) is 1.71. The number of para-hydroxylation sites is 4. The van der Waals surface area contributed by atoms with E-state index < -0.39 is 9.84 Å². The maximum absolute atomic E-state index is 13.1. The van der Waals surface area contributed by atoms with Crippen molar-refractivity contribution in [1.29, 1.82) is 0 Å². The second kappa shape index (κ2) is 9.68. The number of fused-ring (bicyclic) bond motifs is 8. The van der Waals surface area contributed by atoms with Gasteiger partial charge in [-0.2, -0.15) is 0 Å². The lowest BCUT2D eigenvalue weighted by Gasteiger charge is -2.33. The van der Waals surface area contributed by atoms with Gasteiger partial charge in [0.15, 0.2) is 11.5 Å². The Morgan fingerprint density at radius 1 is 0.489 bits per heavy atom. The lowest BCUT2D eigenvalue weighted by molar-refractivity contribution is 0.477. The molecular formula is C42H27NO3S. The second-order valence-corrected chi connectivity index (χ2v) is 14.5. The summed E-state index contributed by atoms with van der Waals surface area (Å²) in [5.41, 5.74) is 12.3. The van der Waals surface area contributed by atoms with Gasteiger partial charge in [0.25, 0.3) is 0 Å². The van der Waals surface area contributed by atoms with Crippen molar-refractivity contribution < 1.29 is 13.2 Å². The van der Waals surface area contributed by atoms with E-state index in [1.807, 2.05) is 48.5 Å². The maximum Gasteiger partial charge on any atom is 0.207 e. The predicted molar refractivity (Wildman–Crippen MR) is 187 cm³/mol. The highest BCUT2D eigenvalue weighted by Gasteiger charge is 2.33. The van der Waals surface area contributed by atoms with Crippen molar-refractivity contribution in [3.8, 4) is 33.8 Å². The van der Waals surface area contributed by atoms with Gasteiger partial charge in [-0.25, -0.2) is 8.42 Å². The molecule has 0 fully saturated rings. The predicted octanol–water partition coefficient (Wildman–Crippen LogP) is 10.4. The zero-order valence-electron chi connectivity index (χ0n) is 25.3. The Morgan fingerprint density at radius 2 is 1.11 bits per heavy atom. The minimum absolute atomic E-state index is 0.390. The maximum atomic E-state index is 13.1. The van der Waals surface area contributed by atoms with E-state index in [2.05, 4.69) is 77.7 Å². The number of hydrogen-bond donors (Lipinski definition) is 0. The second-order valence-electron chi connectivity index (χ2n) is 12.6. The number of ether oxygens (including phenoxy) is 1. The lowest BCUT2D eigenvalue weighted by Crippen LogP contribution is -2.16. The zero-order valence-corrected chi connectivity index (χ0v) is 26.1. The van der Waals surface area contributed by atoms with E-state index in [4.69, 9.17) is 4.74 Å². The summed E-state index contributed by atoms with van der Waals surface area (Å²) in [6.07, 6.45) is 1.76. The van der Waals surface area contributed by atoms with Crippen molar-refractivity contribution in [3.05, 3.63) is 162 Å². The molecule has 0 radical (unpaired) electrons. The summed E-state index contributed by atoms with van der Waals surface area (Å²) < 4.78 is 32.5. The molecule has 0 saturated heterocycles. The number of rotatable bonds is 2. The third-order valence-corrected chi connectivity index (χ3v) is 11.7. The Labute approximate surface area is 273 Å². The van der Waals surface area contributed by atoms with Crippen LogP contribution in [-0.4, -0.2) is 8.42 Å². The van der Waals surface area contributed by atoms with E-state index in [9.17, 15) is 8.42 Å². The Morgan fingerprint density at radius 3 is 1.91 bits per heavy atom. The molecule has 0 saturated carbocycles. The summed E-state index contributed by atoms with van der Waals surface area (Å²) in [6, 6.07) is 47.5. The smallest absolute Gasteiger partial charge is 0.207 e. The molecule has 10 rings (SSSR count). The first-order valence-corrected chi connectivity index (χ1v) is 17.3. The standard InChI is InChI=1S/C42H27NO3S/c44-47(45)41-12-6-1-7-35(41)36-25-29(16-18-42(36)47)26-13-14-27-20-32-23-33-24-34(17-15-28(33)21-31(32)22-30(27)19-26)43-37-8-2-4-10-39(37)46-40-11-5-3-9-38(40)43/h1-20,22,24-25H,21,23H2. The summed E-state index contributed by atoms with van der Waals surface area (Å²) >= 11 is 0. The molecule has 2 heterocycles. The van der Waals surface area contributed by atoms with E-state index in [0.29, 0.717) is 9.79 Å². The summed E-state index contributed by atoms with van der Waals surface area (Å²) in [4.78, 5) is 3.09. The fourth-order valence-corrected chi connectivity index (χ4v) is 9.25. The van der Waals surface area contributed by atoms with E-state index in [1.54, 1.807) is 18.2 Å². The topological polar surface area (TPSA) is 46.6 Å². The number of anilines is 3. The SMILES string of the molecule is O=S1(=O)c2ccccc2-c2cc(-c3ccc4cc5c(cc4c3)Cc3ccc(N4c6ccccc6Oc6ccccc64)cc3C5)ccc21.